The lowest BCUT2D eigenvalue weighted by atomic mass is 10.2. The SMILES string of the molecule is NCC(=O)c1cc2cccc(Cl)c2o1. The summed E-state index contributed by atoms with van der Waals surface area (Å²) in [5, 5.41) is 1.31. The molecule has 0 amide bonds. The van der Waals surface area contributed by atoms with E-state index in [1.807, 2.05) is 6.07 Å². The lowest BCUT2D eigenvalue weighted by molar-refractivity contribution is 0.0977. The van der Waals surface area contributed by atoms with Crippen molar-refractivity contribution in [1.82, 2.24) is 0 Å². The number of Topliss-reactive ketones (excluding diaryl/α,β-unsaturated/α-hetero) is 1. The van der Waals surface area contributed by atoms with Gasteiger partial charge in [0.1, 0.15) is 0 Å². The predicted molar refractivity (Wildman–Crippen MR) is 54.6 cm³/mol. The third kappa shape index (κ3) is 1.41. The number of nitrogens with two attached hydrogens (primary N) is 1. The summed E-state index contributed by atoms with van der Waals surface area (Å²) in [6.07, 6.45) is 0. The van der Waals surface area contributed by atoms with Gasteiger partial charge in [0.25, 0.3) is 0 Å². The van der Waals surface area contributed by atoms with Crippen LogP contribution >= 0.6 is 11.6 Å². The van der Waals surface area contributed by atoms with Gasteiger partial charge in [-0.2, -0.15) is 0 Å². The standard InChI is InChI=1S/C10H8ClNO2/c11-7-3-1-2-6-4-9(8(13)5-12)14-10(6)7/h1-4H,5,12H2. The summed E-state index contributed by atoms with van der Waals surface area (Å²) in [4.78, 5) is 11.2. The Balaban J connectivity index is 2.62. The van der Waals surface area contributed by atoms with E-state index < -0.39 is 0 Å². The number of para-hydroxylation sites is 1. The smallest absolute Gasteiger partial charge is 0.211 e. The van der Waals surface area contributed by atoms with Crippen LogP contribution in [0.1, 0.15) is 10.6 Å². The Bertz CT molecular complexity index is 490. The van der Waals surface area contributed by atoms with Crippen molar-refractivity contribution in [3.8, 4) is 0 Å². The van der Waals surface area contributed by atoms with E-state index in [1.165, 1.54) is 0 Å². The third-order valence-corrected chi connectivity index (χ3v) is 2.25. The Morgan fingerprint density at radius 3 is 2.93 bits per heavy atom. The summed E-state index contributed by atoms with van der Waals surface area (Å²) in [6.45, 7) is -0.0581. The fourth-order valence-corrected chi connectivity index (χ4v) is 1.49. The van der Waals surface area contributed by atoms with Gasteiger partial charge in [-0.05, 0) is 12.1 Å². The van der Waals surface area contributed by atoms with Crippen molar-refractivity contribution < 1.29 is 9.21 Å². The van der Waals surface area contributed by atoms with Gasteiger partial charge in [-0.3, -0.25) is 4.79 Å². The van der Waals surface area contributed by atoms with Gasteiger partial charge in [0.15, 0.2) is 11.3 Å². The molecule has 2 rings (SSSR count). The van der Waals surface area contributed by atoms with Gasteiger partial charge in [0, 0.05) is 5.39 Å². The van der Waals surface area contributed by atoms with E-state index in [2.05, 4.69) is 0 Å². The minimum atomic E-state index is -0.225. The van der Waals surface area contributed by atoms with E-state index in [-0.39, 0.29) is 18.1 Å². The molecule has 0 atom stereocenters. The Morgan fingerprint density at radius 2 is 2.29 bits per heavy atom. The molecule has 72 valence electrons. The molecule has 0 radical (unpaired) electrons. The number of carbonyl (C=O) groups excluding carboxylic acids is 1. The lowest BCUT2D eigenvalue weighted by Crippen LogP contribution is -2.12. The van der Waals surface area contributed by atoms with Crippen molar-refractivity contribution in [3.63, 3.8) is 0 Å². The average Bonchev–Trinajstić information content (AvgIpc) is 2.62. The summed E-state index contributed by atoms with van der Waals surface area (Å²) in [7, 11) is 0. The Labute approximate surface area is 85.4 Å². The van der Waals surface area contributed by atoms with Crippen molar-refractivity contribution in [2.24, 2.45) is 5.73 Å². The van der Waals surface area contributed by atoms with Crippen LogP contribution in [0.2, 0.25) is 5.02 Å². The van der Waals surface area contributed by atoms with Gasteiger partial charge in [0.2, 0.25) is 5.78 Å². The molecule has 0 saturated heterocycles. The minimum absolute atomic E-state index is 0.0581. The molecule has 0 aliphatic rings. The summed E-state index contributed by atoms with van der Waals surface area (Å²) in [6, 6.07) is 7.00. The van der Waals surface area contributed by atoms with Crippen molar-refractivity contribution in [1.29, 1.82) is 0 Å². The van der Waals surface area contributed by atoms with E-state index in [9.17, 15) is 4.79 Å². The third-order valence-electron chi connectivity index (χ3n) is 1.96. The topological polar surface area (TPSA) is 56.2 Å². The maximum absolute atomic E-state index is 11.2. The number of rotatable bonds is 2. The van der Waals surface area contributed by atoms with Gasteiger partial charge >= 0.3 is 0 Å². The zero-order chi connectivity index (χ0) is 10.1. The molecule has 1 aromatic heterocycles. The number of halogens is 1. The number of hydrogen-bond acceptors (Lipinski definition) is 3. The molecule has 0 fully saturated rings. The molecule has 0 aliphatic carbocycles. The maximum Gasteiger partial charge on any atom is 0.211 e. The van der Waals surface area contributed by atoms with Crippen LogP contribution < -0.4 is 5.73 Å². The molecule has 0 saturated carbocycles. The number of fused-ring (bicyclic) bond motifs is 1. The first-order valence-corrected chi connectivity index (χ1v) is 4.51. The number of ketones is 1. The van der Waals surface area contributed by atoms with E-state index in [4.69, 9.17) is 21.8 Å². The first-order valence-electron chi connectivity index (χ1n) is 4.13. The average molecular weight is 210 g/mol. The molecule has 2 N–H and O–H groups in total. The van der Waals surface area contributed by atoms with Crippen LogP contribution in [0.4, 0.5) is 0 Å². The summed E-state index contributed by atoms with van der Waals surface area (Å²) < 4.78 is 5.29. The highest BCUT2D eigenvalue weighted by Crippen LogP contribution is 2.26. The lowest BCUT2D eigenvalue weighted by Gasteiger charge is -1.90. The Hall–Kier alpha value is -1.32. The second kappa shape index (κ2) is 3.44. The van der Waals surface area contributed by atoms with Gasteiger partial charge in [-0.15, -0.1) is 0 Å². The summed E-state index contributed by atoms with van der Waals surface area (Å²) in [5.74, 6) is 0.0351. The molecule has 0 bridgehead atoms. The van der Waals surface area contributed by atoms with Crippen LogP contribution in [0.3, 0.4) is 0 Å². The molecule has 0 unspecified atom stereocenters. The van der Waals surface area contributed by atoms with E-state index in [0.717, 1.165) is 5.39 Å². The second-order valence-electron chi connectivity index (χ2n) is 2.90. The van der Waals surface area contributed by atoms with Crippen molar-refractivity contribution in [2.75, 3.05) is 6.54 Å². The molecule has 3 nitrogen and oxygen atoms in total. The normalized spacial score (nSPS) is 10.7. The highest BCUT2D eigenvalue weighted by atomic mass is 35.5. The first kappa shape index (κ1) is 9.24. The quantitative estimate of drug-likeness (QED) is 0.772. The van der Waals surface area contributed by atoms with E-state index in [0.29, 0.717) is 10.6 Å². The van der Waals surface area contributed by atoms with Crippen LogP contribution in [0.5, 0.6) is 0 Å². The molecule has 1 heterocycles. The second-order valence-corrected chi connectivity index (χ2v) is 3.30. The molecule has 2 aromatic rings. The van der Waals surface area contributed by atoms with Crippen LogP contribution in [0, 0.1) is 0 Å². The largest absolute Gasteiger partial charge is 0.451 e. The van der Waals surface area contributed by atoms with Crippen LogP contribution in [0.15, 0.2) is 28.7 Å². The molecule has 0 spiro atoms. The van der Waals surface area contributed by atoms with Crippen molar-refractivity contribution in [2.45, 2.75) is 0 Å². The fourth-order valence-electron chi connectivity index (χ4n) is 1.27. The fraction of sp³-hybridized carbons (Fsp3) is 0.100. The molecule has 0 aliphatic heterocycles. The molecule has 4 heteroatoms. The molecule has 14 heavy (non-hydrogen) atoms. The highest BCUT2D eigenvalue weighted by Gasteiger charge is 2.11. The monoisotopic (exact) mass is 209 g/mol. The summed E-state index contributed by atoms with van der Waals surface area (Å²) >= 11 is 5.88. The molecular weight excluding hydrogens is 202 g/mol. The van der Waals surface area contributed by atoms with Crippen LogP contribution in [-0.4, -0.2) is 12.3 Å². The number of furan rings is 1. The van der Waals surface area contributed by atoms with Gasteiger partial charge in [-0.25, -0.2) is 0 Å². The maximum atomic E-state index is 11.2. The number of benzene rings is 1. The predicted octanol–water partition coefficient (Wildman–Crippen LogP) is 2.23. The van der Waals surface area contributed by atoms with E-state index in [1.54, 1.807) is 18.2 Å². The Morgan fingerprint density at radius 1 is 1.50 bits per heavy atom. The number of hydrogen-bond donors (Lipinski definition) is 1. The van der Waals surface area contributed by atoms with E-state index >= 15 is 0 Å². The van der Waals surface area contributed by atoms with Crippen molar-refractivity contribution >= 4 is 28.4 Å². The van der Waals surface area contributed by atoms with Crippen molar-refractivity contribution in [3.05, 3.63) is 35.0 Å². The zero-order valence-corrected chi connectivity index (χ0v) is 8.04. The molecule has 1 aromatic carbocycles. The molecular formula is C10H8ClNO2. The highest BCUT2D eigenvalue weighted by molar-refractivity contribution is 6.34. The number of carbonyl (C=O) groups is 1. The minimum Gasteiger partial charge on any atom is -0.451 e. The van der Waals surface area contributed by atoms with Gasteiger partial charge in [0.05, 0.1) is 11.6 Å². The van der Waals surface area contributed by atoms with Crippen LogP contribution in [-0.2, 0) is 0 Å². The summed E-state index contributed by atoms with van der Waals surface area (Å²) in [5.41, 5.74) is 5.75. The Kier molecular flexibility index (Phi) is 2.27. The first-order chi connectivity index (χ1) is 6.72. The van der Waals surface area contributed by atoms with Crippen LogP contribution in [0.25, 0.3) is 11.0 Å². The zero-order valence-electron chi connectivity index (χ0n) is 7.29. The van der Waals surface area contributed by atoms with Gasteiger partial charge in [-0.1, -0.05) is 23.7 Å². The van der Waals surface area contributed by atoms with Gasteiger partial charge < -0.3 is 10.2 Å².